The maximum Gasteiger partial charge on any atom is 0.318 e. The topological polar surface area (TPSA) is 58.5 Å². The van der Waals surface area contributed by atoms with Crippen molar-refractivity contribution in [2.75, 3.05) is 24.5 Å². The Morgan fingerprint density at radius 1 is 0.960 bits per heavy atom. The number of fused-ring (bicyclic) bond motifs is 3. The van der Waals surface area contributed by atoms with Crippen LogP contribution in [-0.2, 0) is 19.5 Å². The van der Waals surface area contributed by atoms with E-state index in [9.17, 15) is 0 Å². The van der Waals surface area contributed by atoms with Crippen molar-refractivity contribution in [2.24, 2.45) is 0 Å². The molecule has 0 amide bonds. The molecule has 1 saturated heterocycles. The number of para-hydroxylation sites is 1. The average Bonchev–Trinajstić information content (AvgIpc) is 3.27. The lowest BCUT2D eigenvalue weighted by molar-refractivity contribution is 0.213. The summed E-state index contributed by atoms with van der Waals surface area (Å²) in [5.41, 5.74) is 2.29. The SMILES string of the molecule is c1ccc2c3c(oc2c1)CCN(Cc1nnc(N2CCCCC2)o1)C3. The van der Waals surface area contributed by atoms with Crippen molar-refractivity contribution in [3.8, 4) is 0 Å². The summed E-state index contributed by atoms with van der Waals surface area (Å²) in [5.74, 6) is 1.83. The summed E-state index contributed by atoms with van der Waals surface area (Å²) in [4.78, 5) is 4.57. The molecular weight excluding hydrogens is 316 g/mol. The number of hydrogen-bond donors (Lipinski definition) is 0. The van der Waals surface area contributed by atoms with E-state index in [0.717, 1.165) is 43.9 Å². The number of hydrogen-bond acceptors (Lipinski definition) is 6. The molecule has 0 atom stereocenters. The Balaban J connectivity index is 1.31. The van der Waals surface area contributed by atoms with Gasteiger partial charge in [-0.25, -0.2) is 0 Å². The molecule has 1 aromatic carbocycles. The number of benzene rings is 1. The normalized spacial score (nSPS) is 18.6. The third kappa shape index (κ3) is 2.80. The van der Waals surface area contributed by atoms with Gasteiger partial charge in [-0.05, 0) is 25.3 Å². The van der Waals surface area contributed by atoms with Gasteiger partial charge in [0.15, 0.2) is 0 Å². The average molecular weight is 338 g/mol. The molecule has 0 unspecified atom stereocenters. The maximum absolute atomic E-state index is 5.99. The second kappa shape index (κ2) is 6.19. The van der Waals surface area contributed by atoms with Crippen LogP contribution in [-0.4, -0.2) is 34.7 Å². The fraction of sp³-hybridized carbons (Fsp3) is 0.474. The Bertz CT molecular complexity index is 879. The minimum atomic E-state index is 0.682. The summed E-state index contributed by atoms with van der Waals surface area (Å²) in [6, 6.07) is 8.96. The summed E-state index contributed by atoms with van der Waals surface area (Å²) in [7, 11) is 0. The highest BCUT2D eigenvalue weighted by Crippen LogP contribution is 2.31. The molecule has 25 heavy (non-hydrogen) atoms. The van der Waals surface area contributed by atoms with Gasteiger partial charge < -0.3 is 13.7 Å². The van der Waals surface area contributed by atoms with E-state index in [-0.39, 0.29) is 0 Å². The highest BCUT2D eigenvalue weighted by Gasteiger charge is 2.24. The highest BCUT2D eigenvalue weighted by molar-refractivity contribution is 5.82. The lowest BCUT2D eigenvalue weighted by Crippen LogP contribution is -2.30. The van der Waals surface area contributed by atoms with Crippen LogP contribution in [0.25, 0.3) is 11.0 Å². The second-order valence-electron chi connectivity index (χ2n) is 6.99. The van der Waals surface area contributed by atoms with Crippen LogP contribution in [0.1, 0.15) is 36.5 Å². The van der Waals surface area contributed by atoms with E-state index in [1.165, 1.54) is 30.2 Å². The predicted molar refractivity (Wildman–Crippen MR) is 94.4 cm³/mol. The van der Waals surface area contributed by atoms with Crippen molar-refractivity contribution in [1.29, 1.82) is 0 Å². The van der Waals surface area contributed by atoms with Crippen LogP contribution in [0.15, 0.2) is 33.1 Å². The molecule has 2 aliphatic rings. The number of aromatic nitrogens is 2. The molecule has 0 bridgehead atoms. The van der Waals surface area contributed by atoms with Crippen LogP contribution in [0.2, 0.25) is 0 Å². The van der Waals surface area contributed by atoms with E-state index in [4.69, 9.17) is 8.83 Å². The zero-order valence-electron chi connectivity index (χ0n) is 14.3. The molecule has 1 fully saturated rings. The summed E-state index contributed by atoms with van der Waals surface area (Å²) < 4.78 is 11.9. The summed E-state index contributed by atoms with van der Waals surface area (Å²) >= 11 is 0. The van der Waals surface area contributed by atoms with Crippen molar-refractivity contribution < 1.29 is 8.83 Å². The lowest BCUT2D eigenvalue weighted by Gasteiger charge is -2.25. The lowest BCUT2D eigenvalue weighted by atomic mass is 10.0. The minimum absolute atomic E-state index is 0.682. The van der Waals surface area contributed by atoms with Crippen LogP contribution in [0.5, 0.6) is 0 Å². The van der Waals surface area contributed by atoms with Crippen molar-refractivity contribution in [2.45, 2.75) is 38.8 Å². The Hall–Kier alpha value is -2.34. The third-order valence-electron chi connectivity index (χ3n) is 5.26. The number of furan rings is 1. The van der Waals surface area contributed by atoms with Crippen molar-refractivity contribution in [3.05, 3.63) is 41.5 Å². The van der Waals surface area contributed by atoms with Gasteiger partial charge in [-0.3, -0.25) is 4.90 Å². The van der Waals surface area contributed by atoms with Gasteiger partial charge in [0, 0.05) is 43.5 Å². The Labute approximate surface area is 146 Å². The number of anilines is 1. The van der Waals surface area contributed by atoms with Crippen LogP contribution < -0.4 is 4.90 Å². The monoisotopic (exact) mass is 338 g/mol. The maximum atomic E-state index is 5.99. The summed E-state index contributed by atoms with van der Waals surface area (Å²) in [6.45, 7) is 4.56. The van der Waals surface area contributed by atoms with E-state index < -0.39 is 0 Å². The first-order valence-electron chi connectivity index (χ1n) is 9.16. The van der Waals surface area contributed by atoms with E-state index in [2.05, 4.69) is 32.1 Å². The fourth-order valence-electron chi connectivity index (χ4n) is 3.93. The van der Waals surface area contributed by atoms with Crippen LogP contribution in [0.4, 0.5) is 6.01 Å². The van der Waals surface area contributed by atoms with Gasteiger partial charge in [0.2, 0.25) is 5.89 Å². The Morgan fingerprint density at radius 2 is 1.84 bits per heavy atom. The molecule has 0 saturated carbocycles. The molecule has 0 aliphatic carbocycles. The third-order valence-corrected chi connectivity index (χ3v) is 5.26. The number of nitrogens with zero attached hydrogens (tertiary/aromatic N) is 4. The van der Waals surface area contributed by atoms with Crippen LogP contribution in [0, 0.1) is 0 Å². The molecule has 0 spiro atoms. The molecule has 5 rings (SSSR count). The molecule has 6 nitrogen and oxygen atoms in total. The standard InChI is InChI=1S/C19H22N4O2/c1-4-9-23(10-5-1)19-21-20-18(25-19)13-22-11-8-17-15(12-22)14-6-2-3-7-16(14)24-17/h2-3,6-7H,1,4-5,8-13H2. The summed E-state index contributed by atoms with van der Waals surface area (Å²) in [5, 5.41) is 9.75. The Morgan fingerprint density at radius 3 is 2.76 bits per heavy atom. The van der Waals surface area contributed by atoms with Crippen molar-refractivity contribution in [1.82, 2.24) is 15.1 Å². The first-order valence-corrected chi connectivity index (χ1v) is 9.16. The predicted octanol–water partition coefficient (Wildman–Crippen LogP) is 3.36. The van der Waals surface area contributed by atoms with Crippen molar-refractivity contribution in [3.63, 3.8) is 0 Å². The Kier molecular flexibility index (Phi) is 3.70. The molecule has 6 heteroatoms. The molecule has 3 aromatic rings. The largest absolute Gasteiger partial charge is 0.461 e. The van der Waals surface area contributed by atoms with Gasteiger partial charge in [0.1, 0.15) is 11.3 Å². The zero-order chi connectivity index (χ0) is 16.6. The van der Waals surface area contributed by atoms with Crippen LogP contribution >= 0.6 is 0 Å². The minimum Gasteiger partial charge on any atom is -0.461 e. The molecule has 0 radical (unpaired) electrons. The summed E-state index contributed by atoms with van der Waals surface area (Å²) in [6.07, 6.45) is 4.64. The number of piperidine rings is 1. The van der Waals surface area contributed by atoms with Gasteiger partial charge in [0.25, 0.3) is 0 Å². The van der Waals surface area contributed by atoms with Gasteiger partial charge in [-0.2, -0.15) is 0 Å². The van der Waals surface area contributed by atoms with Crippen molar-refractivity contribution >= 4 is 17.0 Å². The van der Waals surface area contributed by atoms with Gasteiger partial charge >= 0.3 is 6.01 Å². The smallest absolute Gasteiger partial charge is 0.318 e. The molecule has 2 aromatic heterocycles. The van der Waals surface area contributed by atoms with Gasteiger partial charge in [0.05, 0.1) is 6.54 Å². The van der Waals surface area contributed by atoms with E-state index in [1.54, 1.807) is 0 Å². The fourth-order valence-corrected chi connectivity index (χ4v) is 3.93. The zero-order valence-corrected chi connectivity index (χ0v) is 14.3. The number of rotatable bonds is 3. The van der Waals surface area contributed by atoms with E-state index in [1.807, 2.05) is 12.1 Å². The van der Waals surface area contributed by atoms with E-state index >= 15 is 0 Å². The van der Waals surface area contributed by atoms with E-state index in [0.29, 0.717) is 18.5 Å². The molecule has 130 valence electrons. The van der Waals surface area contributed by atoms with Crippen LogP contribution in [0.3, 0.4) is 0 Å². The molecule has 4 heterocycles. The highest BCUT2D eigenvalue weighted by atomic mass is 16.4. The molecule has 0 N–H and O–H groups in total. The van der Waals surface area contributed by atoms with Gasteiger partial charge in [-0.15, -0.1) is 5.10 Å². The second-order valence-corrected chi connectivity index (χ2v) is 6.99. The quantitative estimate of drug-likeness (QED) is 0.730. The molecule has 2 aliphatic heterocycles. The first-order chi connectivity index (χ1) is 12.4. The first kappa shape index (κ1) is 15.0. The van der Waals surface area contributed by atoms with Gasteiger partial charge in [-0.1, -0.05) is 23.3 Å². The molecular formula is C19H22N4O2.